The molecule has 0 saturated heterocycles. The van der Waals surface area contributed by atoms with Gasteiger partial charge >= 0.3 is 5.97 Å². The van der Waals surface area contributed by atoms with Crippen LogP contribution in [0.5, 0.6) is 11.5 Å². The van der Waals surface area contributed by atoms with E-state index in [4.69, 9.17) is 38.4 Å². The van der Waals surface area contributed by atoms with Gasteiger partial charge in [0.1, 0.15) is 23.1 Å². The second-order valence-electron chi connectivity index (χ2n) is 6.99. The number of esters is 1. The number of carbonyl (C=O) groups is 1. The highest BCUT2D eigenvalue weighted by atomic mass is 35.5. The van der Waals surface area contributed by atoms with Crippen molar-refractivity contribution in [2.75, 3.05) is 0 Å². The first kappa shape index (κ1) is 22.1. The molecule has 0 spiro atoms. The summed E-state index contributed by atoms with van der Waals surface area (Å²) in [6, 6.07) is 16.9. The quantitative estimate of drug-likeness (QED) is 0.230. The van der Waals surface area contributed by atoms with Gasteiger partial charge in [0.25, 0.3) is 5.69 Å². The molecule has 2 N–H and O–H groups in total. The predicted molar refractivity (Wildman–Crippen MR) is 120 cm³/mol. The molecule has 0 aromatic heterocycles. The van der Waals surface area contributed by atoms with Crippen LogP contribution in [0.1, 0.15) is 27.4 Å². The summed E-state index contributed by atoms with van der Waals surface area (Å²) in [6.07, 6.45) is 0. The first-order valence-corrected chi connectivity index (χ1v) is 10.2. The number of fused-ring (bicyclic) bond motifs is 1. The third-order valence-electron chi connectivity index (χ3n) is 4.97. The van der Waals surface area contributed by atoms with E-state index in [0.717, 1.165) is 0 Å². The second kappa shape index (κ2) is 8.82. The van der Waals surface area contributed by atoms with Gasteiger partial charge in [-0.15, -0.1) is 0 Å². The maximum absolute atomic E-state index is 12.5. The molecule has 10 heteroatoms. The molecule has 0 amide bonds. The number of benzene rings is 3. The van der Waals surface area contributed by atoms with Gasteiger partial charge in [0.05, 0.1) is 21.4 Å². The second-order valence-corrected chi connectivity index (χ2v) is 7.83. The molecule has 0 aliphatic carbocycles. The summed E-state index contributed by atoms with van der Waals surface area (Å²) in [5.74, 6) is -1.16. The number of ether oxygens (including phenoxy) is 2. The van der Waals surface area contributed by atoms with Crippen molar-refractivity contribution in [1.82, 2.24) is 0 Å². The monoisotopic (exact) mass is 481 g/mol. The number of nitrogens with two attached hydrogens (primary N) is 1. The largest absolute Gasteiger partial charge is 0.440 e. The SMILES string of the molecule is N#CC1=C(N)Oc2cc(OC(=O)c3ccc(Cl)cc3Cl)ccc2C1c1cccc([N+](=O)[O-])c1. The van der Waals surface area contributed by atoms with E-state index in [1.807, 2.05) is 6.07 Å². The molecule has 3 aromatic rings. The topological polar surface area (TPSA) is 128 Å². The number of nitrogens with zero attached hydrogens (tertiary/aromatic N) is 2. The van der Waals surface area contributed by atoms with E-state index in [2.05, 4.69) is 0 Å². The average molecular weight is 482 g/mol. The zero-order valence-electron chi connectivity index (χ0n) is 16.6. The average Bonchev–Trinajstić information content (AvgIpc) is 2.78. The summed E-state index contributed by atoms with van der Waals surface area (Å²) >= 11 is 11.9. The number of nitro benzene ring substituents is 1. The van der Waals surface area contributed by atoms with Crippen LogP contribution in [0.3, 0.4) is 0 Å². The number of hydrogen-bond acceptors (Lipinski definition) is 7. The van der Waals surface area contributed by atoms with E-state index in [0.29, 0.717) is 16.1 Å². The van der Waals surface area contributed by atoms with Crippen LogP contribution < -0.4 is 15.2 Å². The number of hydrogen-bond donors (Lipinski definition) is 1. The zero-order chi connectivity index (χ0) is 23.7. The summed E-state index contributed by atoms with van der Waals surface area (Å²) in [7, 11) is 0. The highest BCUT2D eigenvalue weighted by molar-refractivity contribution is 6.36. The molecule has 4 rings (SSSR count). The minimum absolute atomic E-state index is 0.112. The van der Waals surface area contributed by atoms with Crippen LogP contribution in [0.25, 0.3) is 0 Å². The summed E-state index contributed by atoms with van der Waals surface area (Å²) in [5.41, 5.74) is 7.11. The van der Waals surface area contributed by atoms with Crippen LogP contribution in [0.4, 0.5) is 5.69 Å². The Morgan fingerprint density at radius 1 is 1.15 bits per heavy atom. The van der Waals surface area contributed by atoms with Crippen LogP contribution in [0.15, 0.2) is 72.1 Å². The van der Waals surface area contributed by atoms with Gasteiger partial charge in [-0.05, 0) is 29.8 Å². The van der Waals surface area contributed by atoms with Crippen molar-refractivity contribution in [3.8, 4) is 17.6 Å². The molecule has 0 radical (unpaired) electrons. The fourth-order valence-corrected chi connectivity index (χ4v) is 3.96. The van der Waals surface area contributed by atoms with Gasteiger partial charge in [-0.25, -0.2) is 4.79 Å². The molecular formula is C23H13Cl2N3O5. The molecule has 0 bridgehead atoms. The number of carbonyl (C=O) groups excluding carboxylic acids is 1. The van der Waals surface area contributed by atoms with Crippen molar-refractivity contribution >= 4 is 34.9 Å². The van der Waals surface area contributed by atoms with Crippen LogP contribution in [0.2, 0.25) is 10.0 Å². The van der Waals surface area contributed by atoms with E-state index in [1.54, 1.807) is 12.1 Å². The Labute approximate surface area is 197 Å². The Hall–Kier alpha value is -4.06. The molecule has 1 atom stereocenters. The summed E-state index contributed by atoms with van der Waals surface area (Å²) in [4.78, 5) is 23.2. The van der Waals surface area contributed by atoms with Crippen molar-refractivity contribution in [1.29, 1.82) is 5.26 Å². The number of halogens is 2. The Kier molecular flexibility index (Phi) is 5.92. The van der Waals surface area contributed by atoms with E-state index in [-0.39, 0.29) is 39.2 Å². The summed E-state index contributed by atoms with van der Waals surface area (Å²) in [5, 5.41) is 21.4. The van der Waals surface area contributed by atoms with Crippen LogP contribution in [0, 0.1) is 21.4 Å². The molecule has 1 unspecified atom stereocenters. The Bertz CT molecular complexity index is 1380. The van der Waals surface area contributed by atoms with Gasteiger partial charge in [0, 0.05) is 28.8 Å². The zero-order valence-corrected chi connectivity index (χ0v) is 18.1. The number of nitro groups is 1. The van der Waals surface area contributed by atoms with E-state index >= 15 is 0 Å². The van der Waals surface area contributed by atoms with Crippen LogP contribution in [-0.4, -0.2) is 10.9 Å². The molecule has 1 aliphatic heterocycles. The Morgan fingerprint density at radius 3 is 2.64 bits per heavy atom. The highest BCUT2D eigenvalue weighted by Gasteiger charge is 2.32. The lowest BCUT2D eigenvalue weighted by molar-refractivity contribution is -0.384. The minimum atomic E-state index is -0.705. The molecule has 164 valence electrons. The molecule has 0 fully saturated rings. The van der Waals surface area contributed by atoms with E-state index in [9.17, 15) is 20.2 Å². The third kappa shape index (κ3) is 4.32. The number of nitriles is 1. The lowest BCUT2D eigenvalue weighted by atomic mass is 9.83. The minimum Gasteiger partial charge on any atom is -0.440 e. The lowest BCUT2D eigenvalue weighted by Crippen LogP contribution is -2.21. The van der Waals surface area contributed by atoms with E-state index < -0.39 is 16.8 Å². The van der Waals surface area contributed by atoms with Crippen molar-refractivity contribution < 1.29 is 19.2 Å². The number of rotatable bonds is 4. The van der Waals surface area contributed by atoms with Crippen molar-refractivity contribution in [2.24, 2.45) is 5.73 Å². The smallest absolute Gasteiger partial charge is 0.345 e. The highest BCUT2D eigenvalue weighted by Crippen LogP contribution is 2.44. The molecule has 3 aromatic carbocycles. The van der Waals surface area contributed by atoms with Gasteiger partial charge < -0.3 is 15.2 Å². The van der Waals surface area contributed by atoms with Crippen molar-refractivity contribution in [3.63, 3.8) is 0 Å². The Balaban J connectivity index is 1.71. The molecule has 1 aliphatic rings. The van der Waals surface area contributed by atoms with Crippen LogP contribution in [-0.2, 0) is 0 Å². The summed E-state index contributed by atoms with van der Waals surface area (Å²) < 4.78 is 11.0. The number of non-ortho nitro benzene ring substituents is 1. The molecular weight excluding hydrogens is 469 g/mol. The van der Waals surface area contributed by atoms with Gasteiger partial charge in [-0.1, -0.05) is 41.4 Å². The van der Waals surface area contributed by atoms with Gasteiger partial charge in [0.15, 0.2) is 0 Å². The van der Waals surface area contributed by atoms with Crippen LogP contribution >= 0.6 is 23.2 Å². The molecule has 1 heterocycles. The lowest BCUT2D eigenvalue weighted by Gasteiger charge is -2.26. The fourth-order valence-electron chi connectivity index (χ4n) is 3.48. The van der Waals surface area contributed by atoms with Gasteiger partial charge in [0.2, 0.25) is 5.88 Å². The molecule has 0 saturated carbocycles. The van der Waals surface area contributed by atoms with Crippen molar-refractivity contribution in [3.05, 3.63) is 109 Å². The maximum Gasteiger partial charge on any atom is 0.345 e. The van der Waals surface area contributed by atoms with E-state index in [1.165, 1.54) is 48.5 Å². The molecule has 33 heavy (non-hydrogen) atoms. The Morgan fingerprint density at radius 2 is 1.94 bits per heavy atom. The summed E-state index contributed by atoms with van der Waals surface area (Å²) in [6.45, 7) is 0. The standard InChI is InChI=1S/C23H13Cl2N3O5/c24-13-4-6-16(19(25)9-13)23(29)32-15-5-7-17-20(10-15)33-22(27)18(11-26)21(17)12-2-1-3-14(8-12)28(30)31/h1-10,21H,27H2. The normalized spacial score (nSPS) is 14.6. The number of allylic oxidation sites excluding steroid dienone is 1. The fraction of sp³-hybridized carbons (Fsp3) is 0.0435. The first-order chi connectivity index (χ1) is 15.8. The van der Waals surface area contributed by atoms with Crippen molar-refractivity contribution in [2.45, 2.75) is 5.92 Å². The van der Waals surface area contributed by atoms with Gasteiger partial charge in [-0.2, -0.15) is 5.26 Å². The first-order valence-electron chi connectivity index (χ1n) is 9.41. The van der Waals surface area contributed by atoms with Gasteiger partial charge in [-0.3, -0.25) is 10.1 Å². The third-order valence-corrected chi connectivity index (χ3v) is 5.51. The molecule has 8 nitrogen and oxygen atoms in total. The maximum atomic E-state index is 12.5. The predicted octanol–water partition coefficient (Wildman–Crippen LogP) is 5.34.